The predicted molar refractivity (Wildman–Crippen MR) is 150 cm³/mol. The summed E-state index contributed by atoms with van der Waals surface area (Å²) in [5.41, 5.74) is 1.46. The number of amides is 2. The van der Waals surface area contributed by atoms with Gasteiger partial charge in [0.1, 0.15) is 11.6 Å². The van der Waals surface area contributed by atoms with E-state index in [0.29, 0.717) is 37.0 Å². The number of ether oxygens (including phenoxy) is 3. The van der Waals surface area contributed by atoms with Crippen molar-refractivity contribution in [3.05, 3.63) is 65.5 Å². The molecule has 2 aromatic carbocycles. The van der Waals surface area contributed by atoms with Gasteiger partial charge in [-0.3, -0.25) is 9.69 Å². The fourth-order valence-corrected chi connectivity index (χ4v) is 7.36. The fourth-order valence-electron chi connectivity index (χ4n) is 7.36. The Morgan fingerprint density at radius 2 is 1.70 bits per heavy atom. The van der Waals surface area contributed by atoms with Crippen molar-refractivity contribution < 1.29 is 41.4 Å². The van der Waals surface area contributed by atoms with Gasteiger partial charge in [0.25, 0.3) is 0 Å². The molecule has 3 fully saturated rings. The third-order valence-electron chi connectivity index (χ3n) is 9.34. The van der Waals surface area contributed by atoms with E-state index in [9.17, 15) is 27.2 Å². The molecular formula is C32H38F4N2O5. The summed E-state index contributed by atoms with van der Waals surface area (Å²) in [6, 6.07) is 11.1. The Morgan fingerprint density at radius 1 is 0.977 bits per heavy atom. The molecule has 4 atom stereocenters. The van der Waals surface area contributed by atoms with Crippen LogP contribution in [0, 0.1) is 11.7 Å². The Hall–Kier alpha value is -3.34. The van der Waals surface area contributed by atoms with Crippen molar-refractivity contribution in [2.24, 2.45) is 5.92 Å². The quantitative estimate of drug-likeness (QED) is 0.323. The van der Waals surface area contributed by atoms with Crippen LogP contribution in [0.25, 0.3) is 0 Å². The average Bonchev–Trinajstić information content (AvgIpc) is 3.59. The van der Waals surface area contributed by atoms with E-state index in [2.05, 4.69) is 0 Å². The molecule has 2 aliphatic carbocycles. The Balaban J connectivity index is 1.38. The highest BCUT2D eigenvalue weighted by Gasteiger charge is 2.58. The smallest absolute Gasteiger partial charge is 0.471 e. The molecule has 0 radical (unpaired) electrons. The zero-order chi connectivity index (χ0) is 30.7. The van der Waals surface area contributed by atoms with Crippen molar-refractivity contribution in [2.45, 2.75) is 87.8 Å². The summed E-state index contributed by atoms with van der Waals surface area (Å²) >= 11 is 0. The van der Waals surface area contributed by atoms with Gasteiger partial charge in [-0.1, -0.05) is 30.7 Å². The molecule has 43 heavy (non-hydrogen) atoms. The van der Waals surface area contributed by atoms with Crippen LogP contribution in [0.1, 0.15) is 62.0 Å². The summed E-state index contributed by atoms with van der Waals surface area (Å²) in [7, 11) is 2.74. The molecule has 0 spiro atoms. The van der Waals surface area contributed by atoms with E-state index in [4.69, 9.17) is 14.2 Å². The minimum Gasteiger partial charge on any atom is -0.497 e. The summed E-state index contributed by atoms with van der Waals surface area (Å²) in [6.07, 6.45) is -1.01. The Kier molecular flexibility index (Phi) is 9.48. The molecular weight excluding hydrogens is 568 g/mol. The van der Waals surface area contributed by atoms with Gasteiger partial charge in [0.2, 0.25) is 0 Å². The van der Waals surface area contributed by atoms with Crippen LogP contribution in [0.5, 0.6) is 5.75 Å². The van der Waals surface area contributed by atoms with Crippen molar-refractivity contribution in [1.82, 2.24) is 9.80 Å². The molecule has 1 saturated heterocycles. The Labute approximate surface area is 249 Å². The summed E-state index contributed by atoms with van der Waals surface area (Å²) in [4.78, 5) is 28.5. The predicted octanol–water partition coefficient (Wildman–Crippen LogP) is 6.46. The molecule has 0 unspecified atom stereocenters. The van der Waals surface area contributed by atoms with Crippen molar-refractivity contribution in [3.8, 4) is 5.75 Å². The number of halogens is 4. The van der Waals surface area contributed by atoms with E-state index in [-0.39, 0.29) is 43.0 Å². The van der Waals surface area contributed by atoms with Crippen molar-refractivity contribution in [3.63, 3.8) is 0 Å². The number of alkyl halides is 3. The van der Waals surface area contributed by atoms with Crippen LogP contribution in [0.2, 0.25) is 0 Å². The standard InChI is InChI=1S/C32H38F4N2O5/c1-41-24-13-9-20(10-14-24)18-37(30(39)32(34,35)36)29-26-7-4-8-27(26)38(31(40)42-2)28(29)19-43-25-15-11-21(12-16-25)22-5-3-6-23(33)17-22/h3,5-6,9-10,13-14,17,21,25-29H,4,7-8,11-12,15-16,18-19H2,1-2H3/t21?,25?,26-,27+,28-,29-/m0/s1. The van der Waals surface area contributed by atoms with Crippen LogP contribution in [0.4, 0.5) is 22.4 Å². The second-order valence-electron chi connectivity index (χ2n) is 11.7. The number of methoxy groups -OCH3 is 2. The van der Waals surface area contributed by atoms with Crippen LogP contribution in [-0.4, -0.2) is 73.0 Å². The van der Waals surface area contributed by atoms with Gasteiger partial charge in [-0.05, 0) is 79.8 Å². The second kappa shape index (κ2) is 13.1. The van der Waals surface area contributed by atoms with Gasteiger partial charge in [0.15, 0.2) is 0 Å². The van der Waals surface area contributed by atoms with Crippen molar-refractivity contribution in [2.75, 3.05) is 20.8 Å². The van der Waals surface area contributed by atoms with E-state index in [1.54, 1.807) is 36.4 Å². The minimum absolute atomic E-state index is 0.0215. The third kappa shape index (κ3) is 6.76. The molecule has 2 aromatic rings. The maximum Gasteiger partial charge on any atom is 0.471 e. The van der Waals surface area contributed by atoms with Crippen LogP contribution >= 0.6 is 0 Å². The summed E-state index contributed by atoms with van der Waals surface area (Å²) in [5, 5.41) is 0. The molecule has 5 rings (SSSR count). The van der Waals surface area contributed by atoms with Gasteiger partial charge >= 0.3 is 18.2 Å². The fraction of sp³-hybridized carbons (Fsp3) is 0.562. The molecule has 11 heteroatoms. The maximum absolute atomic E-state index is 14.1. The normalized spacial score (nSPS) is 27.1. The van der Waals surface area contributed by atoms with Gasteiger partial charge in [0.05, 0.1) is 39.0 Å². The van der Waals surface area contributed by atoms with Crippen LogP contribution in [0.3, 0.4) is 0 Å². The van der Waals surface area contributed by atoms with Gasteiger partial charge in [-0.15, -0.1) is 0 Å². The number of likely N-dealkylation sites (tertiary alicyclic amines) is 1. The monoisotopic (exact) mass is 606 g/mol. The zero-order valence-electron chi connectivity index (χ0n) is 24.4. The molecule has 234 valence electrons. The van der Waals surface area contributed by atoms with Crippen LogP contribution < -0.4 is 4.74 Å². The van der Waals surface area contributed by atoms with E-state index in [0.717, 1.165) is 29.7 Å². The molecule has 1 heterocycles. The highest BCUT2D eigenvalue weighted by molar-refractivity contribution is 5.82. The van der Waals surface area contributed by atoms with E-state index in [1.165, 1.54) is 25.2 Å². The van der Waals surface area contributed by atoms with Gasteiger partial charge in [-0.25, -0.2) is 9.18 Å². The average molecular weight is 607 g/mol. The molecule has 0 aromatic heterocycles. The number of carbonyl (C=O) groups is 2. The number of hydrogen-bond acceptors (Lipinski definition) is 5. The zero-order valence-corrected chi connectivity index (χ0v) is 24.4. The van der Waals surface area contributed by atoms with Crippen molar-refractivity contribution in [1.29, 1.82) is 0 Å². The SMILES string of the molecule is COC(=O)N1[C@@H]2CCC[C@@H]2[C@H](N(Cc2ccc(OC)cc2)C(=O)C(F)(F)F)[C@@H]1COC1CCC(c2cccc(F)c2)CC1. The Bertz CT molecular complexity index is 1270. The molecule has 7 nitrogen and oxygen atoms in total. The first-order valence-corrected chi connectivity index (χ1v) is 14.8. The number of hydrogen-bond donors (Lipinski definition) is 0. The van der Waals surface area contributed by atoms with Crippen LogP contribution in [-0.2, 0) is 20.8 Å². The molecule has 3 aliphatic rings. The lowest BCUT2D eigenvalue weighted by molar-refractivity contribution is -0.190. The molecule has 1 aliphatic heterocycles. The Morgan fingerprint density at radius 3 is 2.33 bits per heavy atom. The third-order valence-corrected chi connectivity index (χ3v) is 9.34. The molecule has 2 amide bonds. The minimum atomic E-state index is -5.10. The van der Waals surface area contributed by atoms with Crippen LogP contribution in [0.15, 0.2) is 48.5 Å². The number of nitrogens with zero attached hydrogens (tertiary/aromatic N) is 2. The summed E-state index contributed by atoms with van der Waals surface area (Å²) < 4.78 is 72.6. The lowest BCUT2D eigenvalue weighted by atomic mass is 9.82. The number of fused-ring (bicyclic) bond motifs is 1. The maximum atomic E-state index is 14.1. The van der Waals surface area contributed by atoms with E-state index in [1.807, 2.05) is 6.07 Å². The lowest BCUT2D eigenvalue weighted by Crippen LogP contribution is -2.55. The summed E-state index contributed by atoms with van der Waals surface area (Å²) in [6.45, 7) is -0.299. The van der Waals surface area contributed by atoms with Crippen molar-refractivity contribution >= 4 is 12.0 Å². The highest BCUT2D eigenvalue weighted by Crippen LogP contribution is 2.46. The van der Waals surface area contributed by atoms with Gasteiger partial charge < -0.3 is 19.1 Å². The van der Waals surface area contributed by atoms with Gasteiger partial charge in [0, 0.05) is 18.5 Å². The van der Waals surface area contributed by atoms with Gasteiger partial charge in [-0.2, -0.15) is 13.2 Å². The second-order valence-corrected chi connectivity index (χ2v) is 11.7. The number of carbonyl (C=O) groups excluding carboxylic acids is 2. The number of benzene rings is 2. The number of rotatable bonds is 8. The molecule has 0 N–H and O–H groups in total. The van der Waals surface area contributed by atoms with E-state index >= 15 is 0 Å². The largest absolute Gasteiger partial charge is 0.497 e. The molecule has 2 saturated carbocycles. The first-order valence-electron chi connectivity index (χ1n) is 14.8. The molecule has 0 bridgehead atoms. The van der Waals surface area contributed by atoms with E-state index < -0.39 is 30.3 Å². The first-order chi connectivity index (χ1) is 20.6. The topological polar surface area (TPSA) is 68.3 Å². The lowest BCUT2D eigenvalue weighted by Gasteiger charge is -2.38. The first kappa shape index (κ1) is 31.1. The highest BCUT2D eigenvalue weighted by atomic mass is 19.4. The summed E-state index contributed by atoms with van der Waals surface area (Å²) in [5.74, 6) is -1.81.